The lowest BCUT2D eigenvalue weighted by Gasteiger charge is -2.08. The highest BCUT2D eigenvalue weighted by Gasteiger charge is 2.17. The van der Waals surface area contributed by atoms with E-state index >= 15 is 0 Å². The number of hydrogen-bond acceptors (Lipinski definition) is 7. The fourth-order valence-electron chi connectivity index (χ4n) is 2.85. The molecule has 8 heteroatoms. The molecule has 3 heterocycles. The number of aryl methyl sites for hydroxylation is 1. The van der Waals surface area contributed by atoms with Crippen molar-refractivity contribution < 1.29 is 4.74 Å². The molecule has 0 amide bonds. The van der Waals surface area contributed by atoms with Crippen molar-refractivity contribution >= 4 is 27.2 Å². The van der Waals surface area contributed by atoms with E-state index < -0.39 is 0 Å². The average molecular weight is 343 g/mol. The number of hydrogen-bond donors (Lipinski definition) is 1. The van der Waals surface area contributed by atoms with E-state index in [9.17, 15) is 4.79 Å². The molecule has 1 aliphatic heterocycles. The summed E-state index contributed by atoms with van der Waals surface area (Å²) in [6, 6.07) is 7.44. The molecule has 1 fully saturated rings. The first-order chi connectivity index (χ1) is 11.7. The van der Waals surface area contributed by atoms with Crippen molar-refractivity contribution in [2.75, 3.05) is 18.5 Å². The second kappa shape index (κ2) is 6.29. The summed E-state index contributed by atoms with van der Waals surface area (Å²) in [5, 5.41) is 18.9. The van der Waals surface area contributed by atoms with Crippen LogP contribution in [0.15, 0.2) is 29.1 Å². The number of nitrogens with one attached hydrogen (secondary N) is 1. The Labute approximate surface area is 142 Å². The molecule has 3 aromatic rings. The molecule has 0 saturated carbocycles. The Balaban J connectivity index is 1.65. The molecule has 7 nitrogen and oxygen atoms in total. The summed E-state index contributed by atoms with van der Waals surface area (Å²) in [4.78, 5) is 12.2. The van der Waals surface area contributed by atoms with Crippen LogP contribution < -0.4 is 10.9 Å². The van der Waals surface area contributed by atoms with Crippen LogP contribution in [0, 0.1) is 0 Å². The second-order valence-electron chi connectivity index (χ2n) is 5.75. The highest BCUT2D eigenvalue weighted by Crippen LogP contribution is 2.29. The van der Waals surface area contributed by atoms with Gasteiger partial charge in [-0.05, 0) is 18.9 Å². The van der Waals surface area contributed by atoms with E-state index in [-0.39, 0.29) is 11.7 Å². The van der Waals surface area contributed by atoms with E-state index in [1.165, 1.54) is 16.0 Å². The van der Waals surface area contributed by atoms with E-state index in [1.807, 2.05) is 18.2 Å². The predicted molar refractivity (Wildman–Crippen MR) is 93.4 cm³/mol. The number of ether oxygens (including phenoxy) is 1. The standard InChI is InChI=1S/C16H17N5O2S/c1-21-15(22)12-7-3-2-6-11(12)13(20-21)14-18-19-16(24-14)17-9-10-5-4-8-23-10/h2-3,6-7,10H,4-5,8-9H2,1H3,(H,17,19)/t10-/m1/s1. The first kappa shape index (κ1) is 15.2. The summed E-state index contributed by atoms with van der Waals surface area (Å²) in [6.07, 6.45) is 2.43. The molecule has 1 aromatic carbocycles. The van der Waals surface area contributed by atoms with Crippen molar-refractivity contribution in [1.29, 1.82) is 0 Å². The van der Waals surface area contributed by atoms with E-state index in [1.54, 1.807) is 13.1 Å². The Kier molecular flexibility index (Phi) is 3.99. The zero-order valence-electron chi connectivity index (χ0n) is 13.2. The van der Waals surface area contributed by atoms with Gasteiger partial charge in [-0.25, -0.2) is 4.68 Å². The topological polar surface area (TPSA) is 81.9 Å². The summed E-state index contributed by atoms with van der Waals surface area (Å²) in [6.45, 7) is 1.57. The lowest BCUT2D eigenvalue weighted by Crippen LogP contribution is -2.20. The first-order valence-electron chi connectivity index (χ1n) is 7.88. The van der Waals surface area contributed by atoms with Crippen LogP contribution >= 0.6 is 11.3 Å². The third-order valence-electron chi connectivity index (χ3n) is 4.09. The molecule has 0 spiro atoms. The normalized spacial score (nSPS) is 17.5. The Hall–Kier alpha value is -2.32. The molecule has 1 aliphatic rings. The van der Waals surface area contributed by atoms with Crippen molar-refractivity contribution in [1.82, 2.24) is 20.0 Å². The highest BCUT2D eigenvalue weighted by atomic mass is 32.1. The van der Waals surface area contributed by atoms with Gasteiger partial charge in [-0.3, -0.25) is 4.79 Å². The largest absolute Gasteiger partial charge is 0.376 e. The monoisotopic (exact) mass is 343 g/mol. The molecule has 0 unspecified atom stereocenters. The SMILES string of the molecule is Cn1nc(-c2nnc(NC[C@H]3CCCO3)s2)c2ccccc2c1=O. The van der Waals surface area contributed by atoms with Crippen LogP contribution in [-0.4, -0.2) is 39.2 Å². The zero-order chi connectivity index (χ0) is 16.5. The summed E-state index contributed by atoms with van der Waals surface area (Å²) in [7, 11) is 1.65. The van der Waals surface area contributed by atoms with Gasteiger partial charge in [0.25, 0.3) is 5.56 Å². The Morgan fingerprint density at radius 2 is 2.17 bits per heavy atom. The molecule has 0 radical (unpaired) electrons. The van der Waals surface area contributed by atoms with Gasteiger partial charge in [0.2, 0.25) is 5.13 Å². The molecule has 0 bridgehead atoms. The third-order valence-corrected chi connectivity index (χ3v) is 4.98. The van der Waals surface area contributed by atoms with Crippen molar-refractivity contribution in [2.24, 2.45) is 7.05 Å². The molecule has 0 aliphatic carbocycles. The van der Waals surface area contributed by atoms with Gasteiger partial charge < -0.3 is 10.1 Å². The van der Waals surface area contributed by atoms with Crippen LogP contribution in [0.4, 0.5) is 5.13 Å². The number of benzene rings is 1. The summed E-state index contributed by atoms with van der Waals surface area (Å²) in [5.74, 6) is 0. The van der Waals surface area contributed by atoms with Gasteiger partial charge in [-0.15, -0.1) is 10.2 Å². The minimum absolute atomic E-state index is 0.115. The maximum Gasteiger partial charge on any atom is 0.274 e. The Morgan fingerprint density at radius 3 is 2.96 bits per heavy atom. The molecular weight excluding hydrogens is 326 g/mol. The Bertz CT molecular complexity index is 930. The van der Waals surface area contributed by atoms with Crippen molar-refractivity contribution in [3.05, 3.63) is 34.6 Å². The van der Waals surface area contributed by atoms with Crippen LogP contribution in [0.5, 0.6) is 0 Å². The molecule has 4 rings (SSSR count). The van der Waals surface area contributed by atoms with Gasteiger partial charge >= 0.3 is 0 Å². The number of nitrogens with zero attached hydrogens (tertiary/aromatic N) is 4. The predicted octanol–water partition coefficient (Wildman–Crippen LogP) is 2.04. The first-order valence-corrected chi connectivity index (χ1v) is 8.69. The molecule has 2 aromatic heterocycles. The van der Waals surface area contributed by atoms with Crippen LogP contribution in [-0.2, 0) is 11.8 Å². The van der Waals surface area contributed by atoms with Gasteiger partial charge in [0.1, 0.15) is 5.69 Å². The smallest absolute Gasteiger partial charge is 0.274 e. The number of aromatic nitrogens is 4. The third kappa shape index (κ3) is 2.78. The lowest BCUT2D eigenvalue weighted by molar-refractivity contribution is 0.120. The van der Waals surface area contributed by atoms with Gasteiger partial charge in [-0.1, -0.05) is 29.5 Å². The highest BCUT2D eigenvalue weighted by molar-refractivity contribution is 7.18. The molecule has 1 N–H and O–H groups in total. The van der Waals surface area contributed by atoms with E-state index in [4.69, 9.17) is 4.74 Å². The summed E-state index contributed by atoms with van der Waals surface area (Å²) < 4.78 is 6.94. The molecular formula is C16H17N5O2S. The fraction of sp³-hybridized carbons (Fsp3) is 0.375. The quantitative estimate of drug-likeness (QED) is 0.781. The second-order valence-corrected chi connectivity index (χ2v) is 6.73. The van der Waals surface area contributed by atoms with E-state index in [0.29, 0.717) is 16.1 Å². The van der Waals surface area contributed by atoms with Gasteiger partial charge in [-0.2, -0.15) is 5.10 Å². The lowest BCUT2D eigenvalue weighted by atomic mass is 10.1. The molecule has 124 valence electrons. The fourth-order valence-corrected chi connectivity index (χ4v) is 3.60. The average Bonchev–Trinajstić information content (AvgIpc) is 3.28. The van der Waals surface area contributed by atoms with Crippen LogP contribution in [0.25, 0.3) is 21.5 Å². The maximum atomic E-state index is 12.2. The van der Waals surface area contributed by atoms with Gasteiger partial charge in [0.05, 0.1) is 11.5 Å². The maximum absolute atomic E-state index is 12.2. The minimum atomic E-state index is -0.115. The number of fused-ring (bicyclic) bond motifs is 1. The summed E-state index contributed by atoms with van der Waals surface area (Å²) >= 11 is 1.43. The molecule has 1 atom stereocenters. The van der Waals surface area contributed by atoms with Crippen LogP contribution in [0.2, 0.25) is 0 Å². The van der Waals surface area contributed by atoms with Crippen molar-refractivity contribution in [3.8, 4) is 10.7 Å². The van der Waals surface area contributed by atoms with Crippen LogP contribution in [0.1, 0.15) is 12.8 Å². The van der Waals surface area contributed by atoms with E-state index in [0.717, 1.165) is 36.5 Å². The Morgan fingerprint density at radius 1 is 1.33 bits per heavy atom. The zero-order valence-corrected chi connectivity index (χ0v) is 14.0. The van der Waals surface area contributed by atoms with Crippen molar-refractivity contribution in [3.63, 3.8) is 0 Å². The van der Waals surface area contributed by atoms with Gasteiger partial charge in [0.15, 0.2) is 5.01 Å². The number of rotatable bonds is 4. The minimum Gasteiger partial charge on any atom is -0.376 e. The molecule has 24 heavy (non-hydrogen) atoms. The summed E-state index contributed by atoms with van der Waals surface area (Å²) in [5.41, 5.74) is 0.561. The number of anilines is 1. The van der Waals surface area contributed by atoms with Crippen molar-refractivity contribution in [2.45, 2.75) is 18.9 Å². The van der Waals surface area contributed by atoms with Crippen LogP contribution in [0.3, 0.4) is 0 Å². The van der Waals surface area contributed by atoms with Gasteiger partial charge in [0, 0.05) is 25.6 Å². The molecule has 1 saturated heterocycles. The van der Waals surface area contributed by atoms with E-state index in [2.05, 4.69) is 20.6 Å².